The maximum atomic E-state index is 10.7. The number of aliphatic carboxylic acids is 1. The van der Waals surface area contributed by atoms with Crippen LogP contribution in [-0.2, 0) is 4.79 Å². The molecule has 0 bridgehead atoms. The molecular weight excluding hydrogens is 216 g/mol. The Hall–Kier alpha value is -0.870. The Bertz CT molecular complexity index is 307. The first kappa shape index (κ1) is 14.2. The van der Waals surface area contributed by atoms with E-state index in [0.29, 0.717) is 17.7 Å². The Labute approximate surface area is 104 Å². The van der Waals surface area contributed by atoms with Gasteiger partial charge in [-0.1, -0.05) is 6.08 Å². The maximum Gasteiger partial charge on any atom is 0.330 e. The van der Waals surface area contributed by atoms with Crippen molar-refractivity contribution in [2.45, 2.75) is 31.7 Å². The van der Waals surface area contributed by atoms with Crippen molar-refractivity contribution in [2.75, 3.05) is 34.2 Å². The summed E-state index contributed by atoms with van der Waals surface area (Å²) in [6.07, 6.45) is 5.57. The molecule has 0 aromatic rings. The van der Waals surface area contributed by atoms with Crippen molar-refractivity contribution >= 4 is 5.97 Å². The van der Waals surface area contributed by atoms with Crippen LogP contribution in [-0.4, -0.2) is 60.6 Å². The molecule has 0 unspecified atom stereocenters. The Kier molecular flexibility index (Phi) is 4.71. The van der Waals surface area contributed by atoms with Crippen LogP contribution in [0.4, 0.5) is 0 Å². The number of nitrogens with zero attached hydrogens (tertiary/aromatic N) is 2. The molecule has 1 fully saturated rings. The lowest BCUT2D eigenvalue weighted by Crippen LogP contribution is -2.56. The zero-order valence-electron chi connectivity index (χ0n) is 11.4. The first-order chi connectivity index (χ1) is 7.87. The second kappa shape index (κ2) is 5.65. The van der Waals surface area contributed by atoms with Gasteiger partial charge in [0.15, 0.2) is 0 Å². The molecule has 4 nitrogen and oxygen atoms in total. The molecule has 1 aliphatic carbocycles. The number of hydrogen-bond acceptors (Lipinski definition) is 3. The van der Waals surface area contributed by atoms with E-state index in [1.165, 1.54) is 19.3 Å². The molecule has 98 valence electrons. The van der Waals surface area contributed by atoms with Crippen LogP contribution in [0.15, 0.2) is 11.6 Å². The molecule has 0 radical (unpaired) electrons. The maximum absolute atomic E-state index is 10.7. The molecule has 1 aliphatic rings. The third kappa shape index (κ3) is 3.54. The van der Waals surface area contributed by atoms with E-state index in [1.807, 2.05) is 0 Å². The minimum atomic E-state index is -0.829. The molecule has 0 saturated heterocycles. The van der Waals surface area contributed by atoms with E-state index in [2.05, 4.69) is 30.9 Å². The molecule has 0 aromatic heterocycles. The summed E-state index contributed by atoms with van der Waals surface area (Å²) in [5.74, 6) is -0.829. The predicted octanol–water partition coefficient (Wildman–Crippen LogP) is 1.43. The van der Waals surface area contributed by atoms with E-state index < -0.39 is 5.97 Å². The predicted molar refractivity (Wildman–Crippen MR) is 69.2 cm³/mol. The van der Waals surface area contributed by atoms with Gasteiger partial charge in [-0.3, -0.25) is 0 Å². The average molecular weight is 240 g/mol. The lowest BCUT2D eigenvalue weighted by molar-refractivity contribution is -0.132. The molecule has 0 atom stereocenters. The van der Waals surface area contributed by atoms with Gasteiger partial charge >= 0.3 is 5.97 Å². The topological polar surface area (TPSA) is 43.8 Å². The summed E-state index contributed by atoms with van der Waals surface area (Å²) in [5.41, 5.74) is 0.726. The SMILES string of the molecule is C/C(=C/CN(C)CC1(N(C)C)CCC1)C(=O)O. The van der Waals surface area contributed by atoms with Crippen molar-refractivity contribution in [1.82, 2.24) is 9.80 Å². The van der Waals surface area contributed by atoms with E-state index >= 15 is 0 Å². The highest BCUT2D eigenvalue weighted by Gasteiger charge is 2.39. The number of carboxylic acid groups (broad SMARTS) is 1. The first-order valence-electron chi connectivity index (χ1n) is 6.13. The molecule has 0 amide bonds. The van der Waals surface area contributed by atoms with E-state index in [0.717, 1.165) is 6.54 Å². The zero-order valence-corrected chi connectivity index (χ0v) is 11.4. The number of likely N-dealkylation sites (N-methyl/N-ethyl adjacent to an activating group) is 2. The van der Waals surface area contributed by atoms with Gasteiger partial charge in [-0.15, -0.1) is 0 Å². The Balaban J connectivity index is 2.46. The van der Waals surface area contributed by atoms with Crippen LogP contribution in [0.25, 0.3) is 0 Å². The first-order valence-corrected chi connectivity index (χ1v) is 6.13. The van der Waals surface area contributed by atoms with Crippen molar-refractivity contribution in [1.29, 1.82) is 0 Å². The van der Waals surface area contributed by atoms with E-state index in [9.17, 15) is 4.79 Å². The molecule has 0 spiro atoms. The van der Waals surface area contributed by atoms with Gasteiger partial charge in [0.2, 0.25) is 0 Å². The summed E-state index contributed by atoms with van der Waals surface area (Å²) in [7, 11) is 6.31. The van der Waals surface area contributed by atoms with Crippen LogP contribution in [0, 0.1) is 0 Å². The van der Waals surface area contributed by atoms with Gasteiger partial charge < -0.3 is 14.9 Å². The van der Waals surface area contributed by atoms with Crippen LogP contribution < -0.4 is 0 Å². The van der Waals surface area contributed by atoms with Crippen LogP contribution in [0.3, 0.4) is 0 Å². The summed E-state index contributed by atoms with van der Waals surface area (Å²) in [5, 5.41) is 8.78. The summed E-state index contributed by atoms with van der Waals surface area (Å²) >= 11 is 0. The van der Waals surface area contributed by atoms with Gasteiger partial charge in [-0.2, -0.15) is 0 Å². The van der Waals surface area contributed by atoms with Crippen LogP contribution >= 0.6 is 0 Å². The smallest absolute Gasteiger partial charge is 0.330 e. The highest BCUT2D eigenvalue weighted by molar-refractivity contribution is 5.85. The molecule has 1 N–H and O–H groups in total. The number of rotatable bonds is 6. The van der Waals surface area contributed by atoms with Crippen molar-refractivity contribution in [2.24, 2.45) is 0 Å². The standard InChI is InChI=1S/C13H24N2O2/c1-11(12(16)17)6-9-15(4)10-13(14(2)3)7-5-8-13/h6H,5,7-10H2,1-4H3,(H,16,17)/b11-6-. The van der Waals surface area contributed by atoms with Crippen LogP contribution in [0.1, 0.15) is 26.2 Å². The largest absolute Gasteiger partial charge is 0.478 e. The molecule has 0 aromatic carbocycles. The fourth-order valence-corrected chi connectivity index (χ4v) is 2.28. The van der Waals surface area contributed by atoms with Crippen molar-refractivity contribution in [3.05, 3.63) is 11.6 Å². The van der Waals surface area contributed by atoms with Crippen molar-refractivity contribution in [3.63, 3.8) is 0 Å². The third-order valence-corrected chi connectivity index (χ3v) is 3.84. The summed E-state index contributed by atoms with van der Waals surface area (Å²) in [4.78, 5) is 15.2. The molecule has 4 heteroatoms. The van der Waals surface area contributed by atoms with Gasteiger partial charge in [-0.05, 0) is 47.3 Å². The lowest BCUT2D eigenvalue weighted by atomic mass is 9.75. The Morgan fingerprint density at radius 3 is 2.29 bits per heavy atom. The minimum absolute atomic E-state index is 0.305. The fraction of sp³-hybridized carbons (Fsp3) is 0.769. The van der Waals surface area contributed by atoms with Crippen molar-refractivity contribution < 1.29 is 9.90 Å². The van der Waals surface area contributed by atoms with E-state index in [1.54, 1.807) is 13.0 Å². The molecular formula is C13H24N2O2. The summed E-state index contributed by atoms with van der Waals surface area (Å²) < 4.78 is 0. The van der Waals surface area contributed by atoms with Gasteiger partial charge in [-0.25, -0.2) is 4.79 Å². The monoisotopic (exact) mass is 240 g/mol. The number of hydrogen-bond donors (Lipinski definition) is 1. The van der Waals surface area contributed by atoms with Crippen LogP contribution in [0.5, 0.6) is 0 Å². The minimum Gasteiger partial charge on any atom is -0.478 e. The Morgan fingerprint density at radius 2 is 1.94 bits per heavy atom. The van der Waals surface area contributed by atoms with Gasteiger partial charge in [0.25, 0.3) is 0 Å². The average Bonchev–Trinajstić information content (AvgIpc) is 2.19. The highest BCUT2D eigenvalue weighted by atomic mass is 16.4. The number of carboxylic acids is 1. The van der Waals surface area contributed by atoms with Crippen LogP contribution in [0.2, 0.25) is 0 Å². The third-order valence-electron chi connectivity index (χ3n) is 3.84. The summed E-state index contributed by atoms with van der Waals surface area (Å²) in [6, 6.07) is 0. The number of carbonyl (C=O) groups is 1. The lowest BCUT2D eigenvalue weighted by Gasteiger charge is -2.49. The second-order valence-corrected chi connectivity index (χ2v) is 5.36. The van der Waals surface area contributed by atoms with Gasteiger partial charge in [0.1, 0.15) is 0 Å². The van der Waals surface area contributed by atoms with E-state index in [4.69, 9.17) is 5.11 Å². The highest BCUT2D eigenvalue weighted by Crippen LogP contribution is 2.36. The molecule has 1 rings (SSSR count). The summed E-state index contributed by atoms with van der Waals surface area (Å²) in [6.45, 7) is 3.35. The Morgan fingerprint density at radius 1 is 1.35 bits per heavy atom. The molecule has 0 aliphatic heterocycles. The quantitative estimate of drug-likeness (QED) is 0.713. The molecule has 0 heterocycles. The molecule has 1 saturated carbocycles. The second-order valence-electron chi connectivity index (χ2n) is 5.36. The normalized spacial score (nSPS) is 19.5. The zero-order chi connectivity index (χ0) is 13.1. The molecule has 17 heavy (non-hydrogen) atoms. The van der Waals surface area contributed by atoms with Crippen molar-refractivity contribution in [3.8, 4) is 0 Å². The van der Waals surface area contributed by atoms with Gasteiger partial charge in [0, 0.05) is 24.2 Å². The van der Waals surface area contributed by atoms with E-state index in [-0.39, 0.29) is 0 Å². The fourth-order valence-electron chi connectivity index (χ4n) is 2.28. The van der Waals surface area contributed by atoms with Gasteiger partial charge in [0.05, 0.1) is 0 Å².